The molecule has 184 valence electrons. The summed E-state index contributed by atoms with van der Waals surface area (Å²) in [6, 6.07) is 26.6. The lowest BCUT2D eigenvalue weighted by atomic mass is 10.0. The largest absolute Gasteiger partial charge is 0.467 e. The standard InChI is InChI=1S/C30H24N2O5/c1-20-27(34)24-15-8-16-25(29(24)37-28(20)21-10-4-2-5-11-21)30(35)32(18-23-14-9-17-36-23)19-26(33)31-22-12-6-3-7-13-22/h2-17H,18-19H2,1H3,(H,31,33). The molecule has 2 aromatic heterocycles. The Labute approximate surface area is 213 Å². The Morgan fingerprint density at radius 3 is 2.30 bits per heavy atom. The summed E-state index contributed by atoms with van der Waals surface area (Å²) in [5.74, 6) is 0.0889. The van der Waals surface area contributed by atoms with Crippen molar-refractivity contribution in [1.82, 2.24) is 4.90 Å². The number of benzene rings is 3. The Balaban J connectivity index is 1.55. The summed E-state index contributed by atoms with van der Waals surface area (Å²) in [6.07, 6.45) is 1.51. The van der Waals surface area contributed by atoms with Crippen molar-refractivity contribution in [3.05, 3.63) is 124 Å². The molecule has 0 aliphatic carbocycles. The van der Waals surface area contributed by atoms with Crippen LogP contribution in [0.15, 0.2) is 111 Å². The third-order valence-electron chi connectivity index (χ3n) is 6.02. The SMILES string of the molecule is Cc1c(-c2ccccc2)oc2c(C(=O)N(CC(=O)Nc3ccccc3)Cc3ccco3)cccc2c1=O. The monoisotopic (exact) mass is 492 g/mol. The first-order valence-electron chi connectivity index (χ1n) is 11.8. The number of rotatable bonds is 7. The minimum atomic E-state index is -0.462. The van der Waals surface area contributed by atoms with Crippen LogP contribution in [0, 0.1) is 6.92 Å². The van der Waals surface area contributed by atoms with Crippen molar-refractivity contribution in [3.63, 3.8) is 0 Å². The molecule has 5 rings (SSSR count). The zero-order valence-corrected chi connectivity index (χ0v) is 20.1. The molecule has 0 unspecified atom stereocenters. The molecule has 5 aromatic rings. The number of para-hydroxylation sites is 2. The average molecular weight is 493 g/mol. The van der Waals surface area contributed by atoms with Crippen LogP contribution in [-0.4, -0.2) is 23.3 Å². The number of anilines is 1. The van der Waals surface area contributed by atoms with Crippen molar-refractivity contribution >= 4 is 28.5 Å². The molecule has 0 saturated heterocycles. The number of carbonyl (C=O) groups is 2. The van der Waals surface area contributed by atoms with E-state index in [1.54, 1.807) is 49.4 Å². The fourth-order valence-corrected chi connectivity index (χ4v) is 4.20. The highest BCUT2D eigenvalue weighted by atomic mass is 16.3. The van der Waals surface area contributed by atoms with Gasteiger partial charge in [0, 0.05) is 16.8 Å². The maximum atomic E-state index is 13.9. The summed E-state index contributed by atoms with van der Waals surface area (Å²) in [5.41, 5.74) is 1.96. The number of furan rings is 1. The summed E-state index contributed by atoms with van der Waals surface area (Å²) < 4.78 is 11.7. The van der Waals surface area contributed by atoms with Crippen molar-refractivity contribution in [1.29, 1.82) is 0 Å². The van der Waals surface area contributed by atoms with Gasteiger partial charge >= 0.3 is 0 Å². The van der Waals surface area contributed by atoms with E-state index in [1.807, 2.05) is 48.5 Å². The zero-order chi connectivity index (χ0) is 25.8. The van der Waals surface area contributed by atoms with Crippen LogP contribution in [0.2, 0.25) is 0 Å². The Morgan fingerprint density at radius 2 is 1.59 bits per heavy atom. The predicted molar refractivity (Wildman–Crippen MR) is 141 cm³/mol. The summed E-state index contributed by atoms with van der Waals surface area (Å²) >= 11 is 0. The second kappa shape index (κ2) is 10.4. The van der Waals surface area contributed by atoms with Gasteiger partial charge in [-0.2, -0.15) is 0 Å². The topological polar surface area (TPSA) is 92.8 Å². The number of fused-ring (bicyclic) bond motifs is 1. The molecule has 0 bridgehead atoms. The van der Waals surface area contributed by atoms with Gasteiger partial charge in [0.25, 0.3) is 5.91 Å². The number of carbonyl (C=O) groups excluding carboxylic acids is 2. The summed E-state index contributed by atoms with van der Waals surface area (Å²) in [7, 11) is 0. The lowest BCUT2D eigenvalue weighted by Gasteiger charge is -2.22. The van der Waals surface area contributed by atoms with E-state index in [9.17, 15) is 14.4 Å². The molecule has 2 heterocycles. The molecule has 0 fully saturated rings. The highest BCUT2D eigenvalue weighted by Crippen LogP contribution is 2.28. The van der Waals surface area contributed by atoms with Crippen LogP contribution in [0.1, 0.15) is 21.7 Å². The van der Waals surface area contributed by atoms with Crippen LogP contribution in [0.25, 0.3) is 22.3 Å². The van der Waals surface area contributed by atoms with Gasteiger partial charge in [-0.05, 0) is 43.3 Å². The molecule has 3 aromatic carbocycles. The zero-order valence-electron chi connectivity index (χ0n) is 20.1. The third-order valence-corrected chi connectivity index (χ3v) is 6.02. The van der Waals surface area contributed by atoms with E-state index in [0.717, 1.165) is 5.56 Å². The van der Waals surface area contributed by atoms with Gasteiger partial charge in [0.05, 0.1) is 23.8 Å². The molecule has 0 saturated carbocycles. The van der Waals surface area contributed by atoms with Crippen LogP contribution in [0.5, 0.6) is 0 Å². The lowest BCUT2D eigenvalue weighted by Crippen LogP contribution is -2.37. The molecule has 0 aliphatic rings. The van der Waals surface area contributed by atoms with E-state index < -0.39 is 5.91 Å². The van der Waals surface area contributed by atoms with Gasteiger partial charge in [-0.1, -0.05) is 54.6 Å². The smallest absolute Gasteiger partial charge is 0.258 e. The third kappa shape index (κ3) is 5.06. The van der Waals surface area contributed by atoms with Crippen molar-refractivity contribution < 1.29 is 18.4 Å². The van der Waals surface area contributed by atoms with Crippen LogP contribution in [0.3, 0.4) is 0 Å². The summed E-state index contributed by atoms with van der Waals surface area (Å²) in [6.45, 7) is 1.54. The van der Waals surface area contributed by atoms with E-state index in [0.29, 0.717) is 28.2 Å². The molecule has 7 heteroatoms. The van der Waals surface area contributed by atoms with E-state index in [4.69, 9.17) is 8.83 Å². The predicted octanol–water partition coefficient (Wildman–Crippen LogP) is 5.64. The molecule has 7 nitrogen and oxygen atoms in total. The Kier molecular flexibility index (Phi) is 6.68. The molecule has 37 heavy (non-hydrogen) atoms. The highest BCUT2D eigenvalue weighted by Gasteiger charge is 2.25. The second-order valence-electron chi connectivity index (χ2n) is 8.59. The number of hydrogen-bond donors (Lipinski definition) is 1. The first-order valence-corrected chi connectivity index (χ1v) is 11.8. The molecule has 2 amide bonds. The molecular weight excluding hydrogens is 468 g/mol. The number of hydrogen-bond acceptors (Lipinski definition) is 5. The van der Waals surface area contributed by atoms with E-state index in [-0.39, 0.29) is 35.6 Å². The summed E-state index contributed by atoms with van der Waals surface area (Å²) in [5, 5.41) is 3.11. The minimum absolute atomic E-state index is 0.0616. The summed E-state index contributed by atoms with van der Waals surface area (Å²) in [4.78, 5) is 41.3. The fourth-order valence-electron chi connectivity index (χ4n) is 4.20. The number of nitrogens with one attached hydrogen (secondary N) is 1. The fraction of sp³-hybridized carbons (Fsp3) is 0.100. The lowest BCUT2D eigenvalue weighted by molar-refractivity contribution is -0.117. The normalized spacial score (nSPS) is 10.8. The molecule has 0 spiro atoms. The van der Waals surface area contributed by atoms with Gasteiger partial charge in [-0.25, -0.2) is 0 Å². The Hall–Kier alpha value is -4.91. The number of nitrogens with zero attached hydrogens (tertiary/aromatic N) is 1. The van der Waals surface area contributed by atoms with Crippen LogP contribution in [0.4, 0.5) is 5.69 Å². The molecule has 0 atom stereocenters. The minimum Gasteiger partial charge on any atom is -0.467 e. The quantitative estimate of drug-likeness (QED) is 0.317. The van der Waals surface area contributed by atoms with Gasteiger partial charge in [0.2, 0.25) is 5.91 Å². The first kappa shape index (κ1) is 23.8. The van der Waals surface area contributed by atoms with E-state index in [1.165, 1.54) is 11.2 Å². The number of amides is 2. The van der Waals surface area contributed by atoms with Crippen LogP contribution < -0.4 is 10.7 Å². The maximum absolute atomic E-state index is 13.9. The highest BCUT2D eigenvalue weighted by molar-refractivity contribution is 6.06. The average Bonchev–Trinajstić information content (AvgIpc) is 3.44. The molecular formula is C30H24N2O5. The van der Waals surface area contributed by atoms with Crippen LogP contribution >= 0.6 is 0 Å². The van der Waals surface area contributed by atoms with Gasteiger partial charge in [-0.3, -0.25) is 14.4 Å². The van der Waals surface area contributed by atoms with Gasteiger partial charge < -0.3 is 19.1 Å². The van der Waals surface area contributed by atoms with Gasteiger partial charge in [0.1, 0.15) is 18.1 Å². The maximum Gasteiger partial charge on any atom is 0.258 e. The second-order valence-corrected chi connectivity index (χ2v) is 8.59. The van der Waals surface area contributed by atoms with Crippen LogP contribution in [-0.2, 0) is 11.3 Å². The molecule has 0 aliphatic heterocycles. The van der Waals surface area contributed by atoms with Crippen molar-refractivity contribution in [3.8, 4) is 11.3 Å². The Morgan fingerprint density at radius 1 is 0.865 bits per heavy atom. The molecule has 0 radical (unpaired) electrons. The van der Waals surface area contributed by atoms with Gasteiger partial charge in [-0.15, -0.1) is 0 Å². The van der Waals surface area contributed by atoms with Crippen molar-refractivity contribution in [2.75, 3.05) is 11.9 Å². The Bertz CT molecular complexity index is 1610. The first-order chi connectivity index (χ1) is 18.0. The molecule has 1 N–H and O–H groups in total. The van der Waals surface area contributed by atoms with Gasteiger partial charge in [0.15, 0.2) is 11.0 Å². The van der Waals surface area contributed by atoms with E-state index >= 15 is 0 Å². The van der Waals surface area contributed by atoms with Crippen molar-refractivity contribution in [2.45, 2.75) is 13.5 Å². The van der Waals surface area contributed by atoms with Crippen molar-refractivity contribution in [2.24, 2.45) is 0 Å². The van der Waals surface area contributed by atoms with E-state index in [2.05, 4.69) is 5.32 Å².